The van der Waals surface area contributed by atoms with Crippen LogP contribution in [0.5, 0.6) is 17.2 Å². The zero-order valence-corrected chi connectivity index (χ0v) is 20.8. The summed E-state index contributed by atoms with van der Waals surface area (Å²) in [6.07, 6.45) is 0. The quantitative estimate of drug-likeness (QED) is 0.534. The van der Waals surface area contributed by atoms with Gasteiger partial charge in [-0.1, -0.05) is 24.3 Å². The lowest BCUT2D eigenvalue weighted by molar-refractivity contribution is -0.121. The predicted octanol–water partition coefficient (Wildman–Crippen LogP) is 3.61. The maximum atomic E-state index is 13.3. The van der Waals surface area contributed by atoms with Gasteiger partial charge in [-0.15, -0.1) is 0 Å². The molecule has 3 heterocycles. The third-order valence-electron chi connectivity index (χ3n) is 7.08. The average molecular weight is 500 g/mol. The van der Waals surface area contributed by atoms with E-state index in [1.165, 1.54) is 5.56 Å². The van der Waals surface area contributed by atoms with E-state index < -0.39 is 0 Å². The van der Waals surface area contributed by atoms with Crippen molar-refractivity contribution < 1.29 is 23.8 Å². The smallest absolute Gasteiger partial charge is 0.265 e. The molecule has 0 aliphatic carbocycles. The van der Waals surface area contributed by atoms with Crippen molar-refractivity contribution >= 4 is 17.5 Å². The van der Waals surface area contributed by atoms with Crippen LogP contribution >= 0.6 is 0 Å². The van der Waals surface area contributed by atoms with Crippen LogP contribution in [-0.4, -0.2) is 61.2 Å². The zero-order valence-electron chi connectivity index (χ0n) is 20.8. The normalized spacial score (nSPS) is 16.9. The van der Waals surface area contributed by atoms with Gasteiger partial charge in [0.2, 0.25) is 6.79 Å². The van der Waals surface area contributed by atoms with E-state index in [1.54, 1.807) is 4.90 Å². The fourth-order valence-corrected chi connectivity index (χ4v) is 5.06. The Morgan fingerprint density at radius 2 is 1.62 bits per heavy atom. The van der Waals surface area contributed by atoms with Crippen molar-refractivity contribution in [3.8, 4) is 17.2 Å². The first-order valence-corrected chi connectivity index (χ1v) is 12.6. The maximum Gasteiger partial charge on any atom is 0.265 e. The lowest BCUT2D eigenvalue weighted by atomic mass is 10.1. The number of carbonyl (C=O) groups excluding carboxylic acids is 2. The van der Waals surface area contributed by atoms with E-state index in [2.05, 4.69) is 11.0 Å². The number of carbonyl (C=O) groups is 2. The molecule has 0 N–H and O–H groups in total. The zero-order chi connectivity index (χ0) is 25.4. The Balaban J connectivity index is 1.09. The van der Waals surface area contributed by atoms with Gasteiger partial charge in [-0.3, -0.25) is 14.5 Å². The van der Waals surface area contributed by atoms with Gasteiger partial charge in [0.1, 0.15) is 5.75 Å². The van der Waals surface area contributed by atoms with E-state index in [0.29, 0.717) is 30.9 Å². The number of amides is 2. The van der Waals surface area contributed by atoms with Crippen molar-refractivity contribution in [2.75, 3.05) is 44.5 Å². The number of hydrogen-bond donors (Lipinski definition) is 0. The summed E-state index contributed by atoms with van der Waals surface area (Å²) in [6, 6.07) is 19.5. The minimum Gasteiger partial charge on any atom is -0.482 e. The molecule has 3 aromatic carbocycles. The first-order valence-electron chi connectivity index (χ1n) is 12.6. The van der Waals surface area contributed by atoms with Crippen LogP contribution in [0.25, 0.3) is 0 Å². The molecule has 2 amide bonds. The standard InChI is InChI=1S/C29H29N3O5/c1-20-5-7-24-26(13-20)35-18-28(33)32(24)17-21-3-2-4-23(14-21)29(34)31-11-9-30(10-12-31)16-22-6-8-25-27(15-22)37-19-36-25/h2-8,13-15H,9-12,16-19H2,1H3. The maximum absolute atomic E-state index is 13.3. The van der Waals surface area contributed by atoms with Crippen molar-refractivity contribution in [1.29, 1.82) is 0 Å². The van der Waals surface area contributed by atoms with Crippen LogP contribution in [0.15, 0.2) is 60.7 Å². The molecule has 8 heteroatoms. The summed E-state index contributed by atoms with van der Waals surface area (Å²) in [5.41, 5.74) is 4.57. The molecular weight excluding hydrogens is 470 g/mol. The highest BCUT2D eigenvalue weighted by Crippen LogP contribution is 2.34. The Hall–Kier alpha value is -4.04. The lowest BCUT2D eigenvalue weighted by Crippen LogP contribution is -2.48. The molecule has 0 saturated carbocycles. The summed E-state index contributed by atoms with van der Waals surface area (Å²) in [4.78, 5) is 31.9. The third-order valence-corrected chi connectivity index (χ3v) is 7.08. The van der Waals surface area contributed by atoms with Gasteiger partial charge in [0, 0.05) is 38.3 Å². The van der Waals surface area contributed by atoms with Crippen molar-refractivity contribution in [3.05, 3.63) is 82.9 Å². The predicted molar refractivity (Wildman–Crippen MR) is 138 cm³/mol. The Morgan fingerprint density at radius 3 is 2.49 bits per heavy atom. The van der Waals surface area contributed by atoms with Crippen LogP contribution in [0.3, 0.4) is 0 Å². The molecule has 0 radical (unpaired) electrons. The van der Waals surface area contributed by atoms with Crippen molar-refractivity contribution in [3.63, 3.8) is 0 Å². The summed E-state index contributed by atoms with van der Waals surface area (Å²) in [5, 5.41) is 0. The summed E-state index contributed by atoms with van der Waals surface area (Å²) >= 11 is 0. The monoisotopic (exact) mass is 499 g/mol. The molecule has 0 bridgehead atoms. The molecule has 3 aliphatic rings. The molecule has 8 nitrogen and oxygen atoms in total. The second-order valence-corrected chi connectivity index (χ2v) is 9.70. The summed E-state index contributed by atoms with van der Waals surface area (Å²) < 4.78 is 16.5. The summed E-state index contributed by atoms with van der Waals surface area (Å²) in [7, 11) is 0. The van der Waals surface area contributed by atoms with E-state index in [0.717, 1.165) is 47.9 Å². The number of hydrogen-bond acceptors (Lipinski definition) is 6. The minimum atomic E-state index is -0.0911. The fourth-order valence-electron chi connectivity index (χ4n) is 5.06. The Labute approximate surface area is 215 Å². The molecule has 0 atom stereocenters. The summed E-state index contributed by atoms with van der Waals surface area (Å²) in [5.74, 6) is 2.23. The highest BCUT2D eigenvalue weighted by Gasteiger charge is 2.27. The molecule has 1 saturated heterocycles. The molecule has 6 rings (SSSR count). The van der Waals surface area contributed by atoms with Crippen molar-refractivity contribution in [2.24, 2.45) is 0 Å². The Morgan fingerprint density at radius 1 is 0.811 bits per heavy atom. The van der Waals surface area contributed by atoms with E-state index >= 15 is 0 Å². The fraction of sp³-hybridized carbons (Fsp3) is 0.310. The number of ether oxygens (including phenoxy) is 3. The number of aryl methyl sites for hydroxylation is 1. The minimum absolute atomic E-state index is 0.0195. The lowest BCUT2D eigenvalue weighted by Gasteiger charge is -2.35. The highest BCUT2D eigenvalue weighted by atomic mass is 16.7. The number of benzene rings is 3. The van der Waals surface area contributed by atoms with Crippen LogP contribution < -0.4 is 19.1 Å². The molecule has 0 spiro atoms. The van der Waals surface area contributed by atoms with Crippen LogP contribution in [0.4, 0.5) is 5.69 Å². The van der Waals surface area contributed by atoms with Gasteiger partial charge >= 0.3 is 0 Å². The van der Waals surface area contributed by atoms with E-state index in [1.807, 2.05) is 66.4 Å². The van der Waals surface area contributed by atoms with E-state index in [9.17, 15) is 9.59 Å². The number of nitrogens with zero attached hydrogens (tertiary/aromatic N) is 3. The molecule has 37 heavy (non-hydrogen) atoms. The van der Waals surface area contributed by atoms with Gasteiger partial charge in [-0.05, 0) is 60.0 Å². The van der Waals surface area contributed by atoms with Gasteiger partial charge in [0.15, 0.2) is 18.1 Å². The largest absolute Gasteiger partial charge is 0.482 e. The Bertz CT molecular complexity index is 1350. The van der Waals surface area contributed by atoms with Gasteiger partial charge < -0.3 is 24.0 Å². The number of anilines is 1. The third kappa shape index (κ3) is 4.84. The molecule has 0 aromatic heterocycles. The van der Waals surface area contributed by atoms with Crippen molar-refractivity contribution in [2.45, 2.75) is 20.0 Å². The molecule has 1 fully saturated rings. The Kier molecular flexibility index (Phi) is 6.18. The van der Waals surface area contributed by atoms with Gasteiger partial charge in [0.05, 0.1) is 12.2 Å². The average Bonchev–Trinajstić information content (AvgIpc) is 3.39. The van der Waals surface area contributed by atoms with Gasteiger partial charge in [0.25, 0.3) is 11.8 Å². The SMILES string of the molecule is Cc1ccc2c(c1)OCC(=O)N2Cc1cccc(C(=O)N2CCN(Cc3ccc4c(c3)OCO4)CC2)c1. The molecule has 190 valence electrons. The van der Waals surface area contributed by atoms with Crippen LogP contribution in [0, 0.1) is 6.92 Å². The van der Waals surface area contributed by atoms with Crippen LogP contribution in [0.2, 0.25) is 0 Å². The highest BCUT2D eigenvalue weighted by molar-refractivity contribution is 5.98. The topological polar surface area (TPSA) is 71.6 Å². The van der Waals surface area contributed by atoms with Gasteiger partial charge in [-0.25, -0.2) is 0 Å². The number of piperazine rings is 1. The second-order valence-electron chi connectivity index (χ2n) is 9.70. The van der Waals surface area contributed by atoms with Crippen LogP contribution in [0.1, 0.15) is 27.0 Å². The van der Waals surface area contributed by atoms with E-state index in [4.69, 9.17) is 14.2 Å². The van der Waals surface area contributed by atoms with Crippen LogP contribution in [-0.2, 0) is 17.9 Å². The summed E-state index contributed by atoms with van der Waals surface area (Å²) in [6.45, 7) is 6.44. The molecule has 0 unspecified atom stereocenters. The first-order chi connectivity index (χ1) is 18.0. The molecular formula is C29H29N3O5. The van der Waals surface area contributed by atoms with Crippen molar-refractivity contribution in [1.82, 2.24) is 9.80 Å². The first kappa shape index (κ1) is 23.4. The second kappa shape index (κ2) is 9.78. The number of fused-ring (bicyclic) bond motifs is 2. The van der Waals surface area contributed by atoms with E-state index in [-0.39, 0.29) is 25.2 Å². The van der Waals surface area contributed by atoms with Gasteiger partial charge in [-0.2, -0.15) is 0 Å². The molecule has 3 aliphatic heterocycles. The molecule has 3 aromatic rings. The number of rotatable bonds is 5.